The van der Waals surface area contributed by atoms with Crippen LogP contribution < -0.4 is 0 Å². The van der Waals surface area contributed by atoms with Gasteiger partial charge in [-0.05, 0) is 30.2 Å². The van der Waals surface area contributed by atoms with E-state index in [9.17, 15) is 0 Å². The first-order valence-corrected chi connectivity index (χ1v) is 10.3. The van der Waals surface area contributed by atoms with Gasteiger partial charge in [-0.3, -0.25) is 4.57 Å². The lowest BCUT2D eigenvalue weighted by Gasteiger charge is -2.01. The molecule has 2 heteroatoms. The van der Waals surface area contributed by atoms with Gasteiger partial charge in [-0.2, -0.15) is 0 Å². The van der Waals surface area contributed by atoms with Gasteiger partial charge in [0.1, 0.15) is 0 Å². The molecular weight excluding hydrogens is 376 g/mol. The van der Waals surface area contributed by atoms with E-state index in [4.69, 9.17) is 0 Å². The van der Waals surface area contributed by atoms with Crippen LogP contribution in [0.5, 0.6) is 0 Å². The first kappa shape index (κ1) is 17.5. The molecule has 2 heterocycles. The van der Waals surface area contributed by atoms with Gasteiger partial charge in [0.15, 0.2) is 0 Å². The standard InChI is InChI=1S/C29H18N2/c1(10-20-30-26-16-6-2-12-22(26)23-13-3-7-17-27(23)30)11-21-31-28-18-8-4-14-24(28)25-15-5-9-19-29(25)31/h2-9,12-19H,20H2. The van der Waals surface area contributed by atoms with Crippen LogP contribution >= 0.6 is 0 Å². The predicted molar refractivity (Wildman–Crippen MR) is 130 cm³/mol. The van der Waals surface area contributed by atoms with Crippen molar-refractivity contribution in [1.82, 2.24) is 9.13 Å². The summed E-state index contributed by atoms with van der Waals surface area (Å²) in [6, 6.07) is 37.0. The van der Waals surface area contributed by atoms with E-state index in [0.29, 0.717) is 6.54 Å². The van der Waals surface area contributed by atoms with Crippen molar-refractivity contribution in [2.24, 2.45) is 0 Å². The number of nitrogens with zero attached hydrogens (tertiary/aromatic N) is 2. The van der Waals surface area contributed by atoms with Gasteiger partial charge in [-0.15, -0.1) is 0 Å². The molecule has 0 bridgehead atoms. The molecule has 0 atom stereocenters. The molecule has 0 spiro atoms. The Bertz CT molecular complexity index is 1620. The highest BCUT2D eigenvalue weighted by Crippen LogP contribution is 2.29. The maximum Gasteiger partial charge on any atom is 0.0853 e. The van der Waals surface area contributed by atoms with Crippen LogP contribution in [0.15, 0.2) is 97.1 Å². The number of aromatic nitrogens is 2. The second-order valence-corrected chi connectivity index (χ2v) is 7.53. The maximum absolute atomic E-state index is 3.26. The summed E-state index contributed by atoms with van der Waals surface area (Å²) in [5, 5.41) is 4.95. The molecular formula is C29H18N2. The van der Waals surface area contributed by atoms with Crippen molar-refractivity contribution in [3.05, 3.63) is 97.1 Å². The molecule has 0 aliphatic heterocycles. The zero-order valence-corrected chi connectivity index (χ0v) is 16.8. The molecule has 6 aromatic rings. The number of fused-ring (bicyclic) bond motifs is 6. The highest BCUT2D eigenvalue weighted by atomic mass is 15.0. The Labute approximate surface area is 180 Å². The quantitative estimate of drug-likeness (QED) is 0.285. The summed E-state index contributed by atoms with van der Waals surface area (Å²) >= 11 is 0. The molecule has 31 heavy (non-hydrogen) atoms. The van der Waals surface area contributed by atoms with Crippen molar-refractivity contribution >= 4 is 43.6 Å². The second kappa shape index (κ2) is 7.13. The van der Waals surface area contributed by atoms with Crippen LogP contribution in [0.4, 0.5) is 0 Å². The van der Waals surface area contributed by atoms with Gasteiger partial charge in [-0.25, -0.2) is 0 Å². The first-order valence-electron chi connectivity index (χ1n) is 10.3. The Hall–Kier alpha value is -4.40. The molecule has 0 saturated heterocycles. The van der Waals surface area contributed by atoms with Gasteiger partial charge in [-0.1, -0.05) is 78.7 Å². The lowest BCUT2D eigenvalue weighted by molar-refractivity contribution is 0.923. The fourth-order valence-electron chi connectivity index (χ4n) is 4.46. The molecule has 0 aliphatic rings. The van der Waals surface area contributed by atoms with Crippen LogP contribution in [-0.4, -0.2) is 9.13 Å². The third-order valence-electron chi connectivity index (χ3n) is 5.82. The zero-order chi connectivity index (χ0) is 20.6. The van der Waals surface area contributed by atoms with Crippen LogP contribution in [0, 0.1) is 23.8 Å². The maximum atomic E-state index is 3.26. The van der Waals surface area contributed by atoms with Gasteiger partial charge in [0.05, 0.1) is 17.6 Å². The zero-order valence-electron chi connectivity index (χ0n) is 16.8. The molecule has 2 nitrogen and oxygen atoms in total. The lowest BCUT2D eigenvalue weighted by Crippen LogP contribution is -1.94. The minimum atomic E-state index is 0.607. The van der Waals surface area contributed by atoms with E-state index in [2.05, 4.69) is 113 Å². The van der Waals surface area contributed by atoms with Crippen molar-refractivity contribution in [2.45, 2.75) is 6.54 Å². The van der Waals surface area contributed by atoms with Crippen LogP contribution in [0.2, 0.25) is 0 Å². The summed E-state index contributed by atoms with van der Waals surface area (Å²) in [5.74, 6) is 9.39. The molecule has 2 aromatic heterocycles. The SMILES string of the molecule is C(C#Cn1c2ccccc2c2ccccc21)#CCn1c2ccccc2c2ccccc21. The number of hydrogen-bond donors (Lipinski definition) is 0. The smallest absolute Gasteiger partial charge is 0.0853 e. The summed E-state index contributed by atoms with van der Waals surface area (Å²) in [4.78, 5) is 0. The minimum absolute atomic E-state index is 0.607. The molecule has 144 valence electrons. The molecule has 0 aliphatic carbocycles. The average Bonchev–Trinajstić information content (AvgIpc) is 3.32. The molecule has 6 rings (SSSR count). The molecule has 0 unspecified atom stereocenters. The Morgan fingerprint density at radius 2 is 0.903 bits per heavy atom. The Balaban J connectivity index is 1.40. The molecule has 0 amide bonds. The molecule has 0 fully saturated rings. The number of benzene rings is 4. The van der Waals surface area contributed by atoms with Crippen molar-refractivity contribution in [3.8, 4) is 23.8 Å². The van der Waals surface area contributed by atoms with Crippen molar-refractivity contribution in [3.63, 3.8) is 0 Å². The van der Waals surface area contributed by atoms with Crippen LogP contribution in [-0.2, 0) is 6.54 Å². The number of para-hydroxylation sites is 4. The monoisotopic (exact) mass is 394 g/mol. The van der Waals surface area contributed by atoms with Gasteiger partial charge in [0.2, 0.25) is 0 Å². The molecule has 0 saturated carbocycles. The van der Waals surface area contributed by atoms with Crippen LogP contribution in [0.1, 0.15) is 0 Å². The molecule has 0 N–H and O–H groups in total. The summed E-state index contributed by atoms with van der Waals surface area (Å²) < 4.78 is 4.31. The van der Waals surface area contributed by atoms with Gasteiger partial charge < -0.3 is 4.57 Å². The Morgan fingerprint density at radius 1 is 0.484 bits per heavy atom. The highest BCUT2D eigenvalue weighted by molar-refractivity contribution is 6.09. The van der Waals surface area contributed by atoms with E-state index in [-0.39, 0.29) is 0 Å². The van der Waals surface area contributed by atoms with Crippen LogP contribution in [0.25, 0.3) is 43.6 Å². The van der Waals surface area contributed by atoms with E-state index >= 15 is 0 Å². The Morgan fingerprint density at radius 3 is 1.42 bits per heavy atom. The van der Waals surface area contributed by atoms with E-state index in [1.165, 1.54) is 32.6 Å². The minimum Gasteiger partial charge on any atom is -0.329 e. The van der Waals surface area contributed by atoms with Gasteiger partial charge >= 0.3 is 0 Å². The summed E-state index contributed by atoms with van der Waals surface area (Å²) in [5.41, 5.74) is 4.63. The van der Waals surface area contributed by atoms with Gasteiger partial charge in [0, 0.05) is 44.5 Å². The fourth-order valence-corrected chi connectivity index (χ4v) is 4.46. The van der Waals surface area contributed by atoms with Gasteiger partial charge in [0.25, 0.3) is 0 Å². The predicted octanol–water partition coefficient (Wildman–Crippen LogP) is 6.42. The van der Waals surface area contributed by atoms with Crippen molar-refractivity contribution < 1.29 is 0 Å². The number of rotatable bonds is 1. The molecule has 4 aromatic carbocycles. The van der Waals surface area contributed by atoms with Crippen molar-refractivity contribution in [2.75, 3.05) is 0 Å². The summed E-state index contributed by atoms with van der Waals surface area (Å²) in [7, 11) is 0. The molecule has 0 radical (unpaired) electrons. The first-order chi connectivity index (χ1) is 15.4. The third-order valence-corrected chi connectivity index (χ3v) is 5.82. The van der Waals surface area contributed by atoms with E-state index < -0.39 is 0 Å². The van der Waals surface area contributed by atoms with Crippen LogP contribution in [0.3, 0.4) is 0 Å². The van der Waals surface area contributed by atoms with E-state index in [1.807, 2.05) is 16.7 Å². The summed E-state index contributed by atoms with van der Waals surface area (Å²) in [6.45, 7) is 0.607. The van der Waals surface area contributed by atoms with E-state index in [0.717, 1.165) is 11.0 Å². The summed E-state index contributed by atoms with van der Waals surface area (Å²) in [6.07, 6.45) is 0. The normalized spacial score (nSPS) is 10.8. The largest absolute Gasteiger partial charge is 0.329 e. The van der Waals surface area contributed by atoms with Crippen molar-refractivity contribution in [1.29, 1.82) is 0 Å². The lowest BCUT2D eigenvalue weighted by atomic mass is 10.2. The Kier molecular flexibility index (Phi) is 4.02. The number of hydrogen-bond acceptors (Lipinski definition) is 0. The van der Waals surface area contributed by atoms with E-state index in [1.54, 1.807) is 0 Å². The fraction of sp³-hybridized carbons (Fsp3) is 0.0345. The topological polar surface area (TPSA) is 9.86 Å². The highest BCUT2D eigenvalue weighted by Gasteiger charge is 2.08. The third kappa shape index (κ3) is 2.78. The average molecular weight is 394 g/mol. The second-order valence-electron chi connectivity index (χ2n) is 7.53.